The molecule has 18 heteroatoms. The van der Waals surface area contributed by atoms with E-state index < -0.39 is 134 Å². The fraction of sp³-hybridized carbons (Fsp3) is 0.940. The van der Waals surface area contributed by atoms with Gasteiger partial charge in [0.2, 0.25) is 0 Å². The molecule has 0 radical (unpaired) electrons. The van der Waals surface area contributed by atoms with Crippen molar-refractivity contribution in [2.24, 2.45) is 74.9 Å². The predicted octanol–water partition coefficient (Wildman–Crippen LogP) is -0.267. The van der Waals surface area contributed by atoms with Crippen LogP contribution < -0.4 is 0 Å². The molecule has 2 aliphatic heterocycles. The predicted molar refractivity (Wildman–Crippen MR) is 239 cm³/mol. The van der Waals surface area contributed by atoms with Gasteiger partial charge in [-0.2, -0.15) is 0 Å². The third-order valence-corrected chi connectivity index (χ3v) is 20.6. The zero-order valence-electron chi connectivity index (χ0n) is 40.9. The number of carbonyl (C=O) groups excluding carboxylic acids is 1. The van der Waals surface area contributed by atoms with E-state index >= 15 is 0 Å². The quantitative estimate of drug-likeness (QED) is 0.105. The van der Waals surface area contributed by atoms with E-state index in [4.69, 9.17) is 23.7 Å². The number of rotatable bonds is 9. The monoisotopic (exact) mass is 971 g/mol. The van der Waals surface area contributed by atoms with Crippen LogP contribution in [0.4, 0.5) is 0 Å². The van der Waals surface area contributed by atoms with Gasteiger partial charge in [0.25, 0.3) is 0 Å². The van der Waals surface area contributed by atoms with Crippen molar-refractivity contribution in [2.75, 3.05) is 19.8 Å². The van der Waals surface area contributed by atoms with Crippen molar-refractivity contribution < 1.29 is 89.8 Å². The first kappa shape index (κ1) is 52.9. The lowest BCUT2D eigenvalue weighted by molar-refractivity contribution is -0.358. The molecule has 0 bridgehead atoms. The maximum atomic E-state index is 14.6. The fourth-order valence-corrected chi connectivity index (χ4v) is 16.1. The van der Waals surface area contributed by atoms with E-state index in [-0.39, 0.29) is 70.7 Å². The highest BCUT2D eigenvalue weighted by Crippen LogP contribution is 2.75. The van der Waals surface area contributed by atoms with Crippen LogP contribution in [0.1, 0.15) is 100 Å². The normalized spacial score (nSPS) is 57.1. The van der Waals surface area contributed by atoms with Gasteiger partial charge < -0.3 is 85.0 Å². The molecule has 0 aromatic rings. The minimum absolute atomic E-state index is 0.0272. The summed E-state index contributed by atoms with van der Waals surface area (Å²) in [6.45, 7) is 15.9. The van der Waals surface area contributed by atoms with Crippen LogP contribution in [0.3, 0.4) is 0 Å². The van der Waals surface area contributed by atoms with Crippen molar-refractivity contribution in [3.05, 3.63) is 11.6 Å². The molecule has 0 spiro atoms. The Kier molecular flexibility index (Phi) is 14.9. The lowest BCUT2D eigenvalue weighted by atomic mass is 9.32. The highest BCUT2D eigenvalue weighted by atomic mass is 16.7. The van der Waals surface area contributed by atoms with E-state index in [2.05, 4.69) is 47.6 Å². The Hall–Kier alpha value is -1.43. The van der Waals surface area contributed by atoms with Gasteiger partial charge in [0.15, 0.2) is 12.6 Å². The number of hydrogen-bond acceptors (Lipinski definition) is 18. The summed E-state index contributed by atoms with van der Waals surface area (Å²) in [6.07, 6.45) is -16.8. The standard InChI is InChI=1S/C50H82O18/c1-20-13-26(25-14-21(2)50(8)27(33(25)22(20)3)9-10-32-47(5)16-28(53)43(62)48(6,19-52)31(47)11-12-49(32,50)7)44(63)66-29-15-24(35(55)38(58)36(29)56)18-64-45-41(61)39(59)42(30(17-51)67-45)68-46-40(60)37(57)34(54)23(4)65-46/h9,20-26,28-43,45-46,51-62H,10-19H2,1-8H3. The largest absolute Gasteiger partial charge is 0.459 e. The summed E-state index contributed by atoms with van der Waals surface area (Å²) in [5.74, 6) is -1.18. The SMILES string of the molecule is CC1CC(C(=O)OC2CC(COC3OC(CO)C(OC4OC(C)C(O)C(O)C4O)C(O)C3O)C(O)C(O)C2O)C2CC(C)C3(C)C(=CCC4C5(C)CC(O)C(O)C(C)(CO)C5CCC43C)C2C1C. The van der Waals surface area contributed by atoms with Gasteiger partial charge in [-0.05, 0) is 110 Å². The molecule has 0 amide bonds. The molecule has 6 aliphatic carbocycles. The number of carbonyl (C=O) groups is 1. The Morgan fingerprint density at radius 3 is 2.09 bits per heavy atom. The molecule has 5 saturated carbocycles. The Morgan fingerprint density at radius 1 is 0.765 bits per heavy atom. The van der Waals surface area contributed by atoms with E-state index in [9.17, 15) is 66.1 Å². The van der Waals surface area contributed by atoms with Crippen molar-refractivity contribution in [3.8, 4) is 0 Å². The topological polar surface area (TPSA) is 306 Å². The van der Waals surface area contributed by atoms with E-state index in [0.29, 0.717) is 12.8 Å². The van der Waals surface area contributed by atoms with Crippen molar-refractivity contribution in [1.82, 2.24) is 0 Å². The van der Waals surface area contributed by atoms with Gasteiger partial charge in [-0.25, -0.2) is 0 Å². The lowest BCUT2D eigenvalue weighted by Crippen LogP contribution is -2.68. The molecule has 12 N–H and O–H groups in total. The Balaban J connectivity index is 0.960. The first-order valence-corrected chi connectivity index (χ1v) is 25.3. The van der Waals surface area contributed by atoms with Crippen LogP contribution >= 0.6 is 0 Å². The zero-order chi connectivity index (χ0) is 49.9. The summed E-state index contributed by atoms with van der Waals surface area (Å²) in [5.41, 5.74) is -0.201. The number of ether oxygens (including phenoxy) is 5. The number of fused-ring (bicyclic) bond motifs is 7. The molecule has 29 atom stereocenters. The minimum atomic E-state index is -1.80. The van der Waals surface area contributed by atoms with E-state index in [0.717, 1.165) is 25.7 Å². The van der Waals surface area contributed by atoms with Gasteiger partial charge in [0.1, 0.15) is 61.0 Å². The zero-order valence-corrected chi connectivity index (χ0v) is 40.9. The van der Waals surface area contributed by atoms with Crippen molar-refractivity contribution in [2.45, 2.75) is 198 Å². The molecular weight excluding hydrogens is 889 g/mol. The van der Waals surface area contributed by atoms with Gasteiger partial charge in [-0.1, -0.05) is 60.1 Å². The molecule has 0 aromatic heterocycles. The van der Waals surface area contributed by atoms with Crippen molar-refractivity contribution in [1.29, 1.82) is 0 Å². The Labute approximate surface area is 399 Å². The number of aliphatic hydroxyl groups is 12. The molecule has 29 unspecified atom stereocenters. The number of hydrogen-bond donors (Lipinski definition) is 12. The van der Waals surface area contributed by atoms with Crippen LogP contribution in [0.2, 0.25) is 0 Å². The maximum Gasteiger partial charge on any atom is 0.309 e. The van der Waals surface area contributed by atoms with Crippen LogP contribution in [0.15, 0.2) is 11.6 Å². The van der Waals surface area contributed by atoms with Crippen molar-refractivity contribution >= 4 is 5.97 Å². The third-order valence-electron chi connectivity index (χ3n) is 20.6. The van der Waals surface area contributed by atoms with Crippen molar-refractivity contribution in [3.63, 3.8) is 0 Å². The second kappa shape index (κ2) is 19.1. The Bertz CT molecular complexity index is 1840. The average Bonchev–Trinajstić information content (AvgIpc) is 3.29. The van der Waals surface area contributed by atoms with Gasteiger partial charge in [0.05, 0.1) is 50.2 Å². The average molecular weight is 971 g/mol. The maximum absolute atomic E-state index is 14.6. The summed E-state index contributed by atoms with van der Waals surface area (Å²) in [6, 6.07) is 0. The van der Waals surface area contributed by atoms with Crippen LogP contribution in [-0.4, -0.2) is 185 Å². The Morgan fingerprint density at radius 2 is 1.43 bits per heavy atom. The summed E-state index contributed by atoms with van der Waals surface area (Å²) in [4.78, 5) is 14.6. The second-order valence-corrected chi connectivity index (χ2v) is 23.8. The van der Waals surface area contributed by atoms with Gasteiger partial charge in [0, 0.05) is 11.3 Å². The van der Waals surface area contributed by atoms with Gasteiger partial charge in [-0.3, -0.25) is 4.79 Å². The molecule has 18 nitrogen and oxygen atoms in total. The first-order chi connectivity index (χ1) is 31.8. The van der Waals surface area contributed by atoms with Crippen LogP contribution in [-0.2, 0) is 28.5 Å². The highest BCUT2D eigenvalue weighted by Gasteiger charge is 2.71. The van der Waals surface area contributed by atoms with E-state index in [1.807, 2.05) is 6.92 Å². The van der Waals surface area contributed by atoms with Gasteiger partial charge >= 0.3 is 5.97 Å². The van der Waals surface area contributed by atoms with Crippen LogP contribution in [0.25, 0.3) is 0 Å². The highest BCUT2D eigenvalue weighted by molar-refractivity contribution is 5.73. The smallest absolute Gasteiger partial charge is 0.309 e. The number of allylic oxidation sites excluding steroid dienone is 2. The molecule has 2 heterocycles. The summed E-state index contributed by atoms with van der Waals surface area (Å²) < 4.78 is 29.0. The summed E-state index contributed by atoms with van der Waals surface area (Å²) in [5, 5.41) is 130. The molecule has 0 aromatic carbocycles. The molecular formula is C50H82O18. The van der Waals surface area contributed by atoms with Gasteiger partial charge in [-0.15, -0.1) is 0 Å². The molecule has 8 aliphatic rings. The summed E-state index contributed by atoms with van der Waals surface area (Å²) in [7, 11) is 0. The van der Waals surface area contributed by atoms with E-state index in [1.165, 1.54) is 12.5 Å². The third kappa shape index (κ3) is 8.09. The molecule has 390 valence electrons. The number of aliphatic hydroxyl groups excluding tert-OH is 12. The van der Waals surface area contributed by atoms with E-state index in [1.54, 1.807) is 0 Å². The molecule has 8 rings (SSSR count). The van der Waals surface area contributed by atoms with Crippen LogP contribution in [0, 0.1) is 74.9 Å². The molecule has 7 fully saturated rings. The summed E-state index contributed by atoms with van der Waals surface area (Å²) >= 11 is 0. The number of esters is 1. The fourth-order valence-electron chi connectivity index (χ4n) is 16.1. The molecule has 68 heavy (non-hydrogen) atoms. The van der Waals surface area contributed by atoms with Crippen LogP contribution in [0.5, 0.6) is 0 Å². The first-order valence-electron chi connectivity index (χ1n) is 25.3. The lowest BCUT2D eigenvalue weighted by Gasteiger charge is -2.72. The molecule has 2 saturated heterocycles. The minimum Gasteiger partial charge on any atom is -0.459 e. The second-order valence-electron chi connectivity index (χ2n) is 23.8.